The first-order chi connectivity index (χ1) is 18.5. The summed E-state index contributed by atoms with van der Waals surface area (Å²) >= 11 is 0. The summed E-state index contributed by atoms with van der Waals surface area (Å²) in [7, 11) is 3.86. The van der Waals surface area contributed by atoms with Gasteiger partial charge in [-0.05, 0) is 37.4 Å². The molecule has 2 amide bonds. The van der Waals surface area contributed by atoms with Crippen LogP contribution >= 0.6 is 0 Å². The molecule has 0 bridgehead atoms. The fourth-order valence-corrected chi connectivity index (χ4v) is 5.02. The Kier molecular flexibility index (Phi) is 6.01. The second kappa shape index (κ2) is 9.64. The quantitative estimate of drug-likeness (QED) is 0.311. The van der Waals surface area contributed by atoms with E-state index < -0.39 is 6.03 Å². The number of nitrogens with zero attached hydrogens (tertiary/aromatic N) is 5. The summed E-state index contributed by atoms with van der Waals surface area (Å²) in [6.07, 6.45) is 3.30. The van der Waals surface area contributed by atoms with Crippen LogP contribution in [-0.4, -0.2) is 72.2 Å². The third-order valence-corrected chi connectivity index (χ3v) is 7.11. The molecule has 0 saturated carbocycles. The topological polar surface area (TPSA) is 109 Å². The Bertz CT molecular complexity index is 1490. The first-order valence-corrected chi connectivity index (χ1v) is 12.5. The van der Waals surface area contributed by atoms with E-state index in [0.717, 1.165) is 48.7 Å². The summed E-state index contributed by atoms with van der Waals surface area (Å²) in [6, 6.07) is 16.8. The number of piperazine rings is 1. The molecule has 1 aliphatic carbocycles. The maximum absolute atomic E-state index is 13.7. The molecule has 2 aromatic heterocycles. The van der Waals surface area contributed by atoms with Crippen LogP contribution in [0.4, 0.5) is 21.9 Å². The maximum atomic E-state index is 13.7. The van der Waals surface area contributed by atoms with Crippen molar-refractivity contribution in [2.75, 3.05) is 55.5 Å². The number of nitrogens with one attached hydrogen (secondary N) is 3. The first-order valence-electron chi connectivity index (χ1n) is 12.5. The summed E-state index contributed by atoms with van der Waals surface area (Å²) in [6.45, 7) is 4.05. The molecule has 0 unspecified atom stereocenters. The lowest BCUT2D eigenvalue weighted by Gasteiger charge is -2.34. The molecule has 1 aliphatic heterocycles. The van der Waals surface area contributed by atoms with E-state index in [4.69, 9.17) is 0 Å². The molecular weight excluding hydrogens is 480 g/mol. The lowest BCUT2D eigenvalue weighted by atomic mass is 10.0. The minimum absolute atomic E-state index is 0.168. The minimum atomic E-state index is -0.467. The number of aromatic nitrogens is 3. The number of hydrazine groups is 1. The van der Waals surface area contributed by atoms with E-state index in [1.54, 1.807) is 36.6 Å². The number of fused-ring (bicyclic) bond motifs is 3. The average Bonchev–Trinajstić information content (AvgIpc) is 3.50. The number of ketones is 1. The van der Waals surface area contributed by atoms with E-state index in [1.165, 1.54) is 0 Å². The molecule has 6 rings (SSSR count). The van der Waals surface area contributed by atoms with Crippen LogP contribution in [0.5, 0.6) is 0 Å². The summed E-state index contributed by atoms with van der Waals surface area (Å²) in [4.78, 5) is 35.2. The van der Waals surface area contributed by atoms with E-state index in [-0.39, 0.29) is 5.78 Å². The number of pyridine rings is 1. The Morgan fingerprint density at radius 2 is 1.79 bits per heavy atom. The van der Waals surface area contributed by atoms with Crippen molar-refractivity contribution in [3.05, 3.63) is 78.1 Å². The van der Waals surface area contributed by atoms with Gasteiger partial charge in [0.05, 0.1) is 34.4 Å². The van der Waals surface area contributed by atoms with E-state index in [0.29, 0.717) is 28.2 Å². The number of carbonyl (C=O) groups excluding carboxylic acids is 2. The second-order valence-corrected chi connectivity index (χ2v) is 9.55. The predicted molar refractivity (Wildman–Crippen MR) is 147 cm³/mol. The fourth-order valence-electron chi connectivity index (χ4n) is 5.02. The van der Waals surface area contributed by atoms with Crippen LogP contribution < -0.4 is 20.7 Å². The zero-order chi connectivity index (χ0) is 26.2. The Balaban J connectivity index is 1.22. The van der Waals surface area contributed by atoms with Crippen LogP contribution in [0, 0.1) is 0 Å². The largest absolute Gasteiger partial charge is 0.369 e. The van der Waals surface area contributed by atoms with E-state index in [2.05, 4.69) is 54.9 Å². The lowest BCUT2D eigenvalue weighted by Crippen LogP contribution is -2.44. The number of likely N-dealkylation sites (N-methyl/N-ethyl adjacent to an activating group) is 1. The summed E-state index contributed by atoms with van der Waals surface area (Å²) in [5.74, 6) is -0.168. The van der Waals surface area contributed by atoms with Crippen molar-refractivity contribution in [1.29, 1.82) is 0 Å². The molecular formula is C28H28N8O2. The molecule has 1 fully saturated rings. The SMILES string of the molecule is CN1CCN(c2ccc(-c3n[nH]c4c3C(=O)c3c(NC(=O)NN(C)c5cccnc5)cccc3-4)cc2)CC1. The normalized spacial score (nSPS) is 14.7. The Morgan fingerprint density at radius 1 is 1.00 bits per heavy atom. The van der Waals surface area contributed by atoms with Gasteiger partial charge in [0.15, 0.2) is 5.78 Å². The number of rotatable bonds is 5. The highest BCUT2D eigenvalue weighted by Crippen LogP contribution is 2.43. The fraction of sp³-hybridized carbons (Fsp3) is 0.214. The van der Waals surface area contributed by atoms with E-state index in [9.17, 15) is 9.59 Å². The molecule has 3 heterocycles. The smallest absolute Gasteiger partial charge is 0.338 e. The number of amides is 2. The van der Waals surface area contributed by atoms with Gasteiger partial charge >= 0.3 is 6.03 Å². The van der Waals surface area contributed by atoms with Crippen LogP contribution in [-0.2, 0) is 0 Å². The van der Waals surface area contributed by atoms with Crippen LogP contribution in [0.15, 0.2) is 67.0 Å². The molecule has 0 radical (unpaired) electrons. The van der Waals surface area contributed by atoms with Crippen molar-refractivity contribution >= 4 is 28.9 Å². The van der Waals surface area contributed by atoms with Crippen molar-refractivity contribution in [2.45, 2.75) is 0 Å². The highest BCUT2D eigenvalue weighted by Gasteiger charge is 2.35. The van der Waals surface area contributed by atoms with Crippen molar-refractivity contribution < 1.29 is 9.59 Å². The van der Waals surface area contributed by atoms with Crippen LogP contribution in [0.25, 0.3) is 22.5 Å². The number of aromatic amines is 1. The van der Waals surface area contributed by atoms with Gasteiger partial charge in [-0.3, -0.25) is 19.9 Å². The molecule has 3 N–H and O–H groups in total. The highest BCUT2D eigenvalue weighted by atomic mass is 16.2. The Labute approximate surface area is 220 Å². The van der Waals surface area contributed by atoms with Gasteiger partial charge in [-0.1, -0.05) is 24.3 Å². The van der Waals surface area contributed by atoms with Crippen molar-refractivity contribution in [2.24, 2.45) is 0 Å². The monoisotopic (exact) mass is 508 g/mol. The number of carbonyl (C=O) groups is 2. The third kappa shape index (κ3) is 4.24. The highest BCUT2D eigenvalue weighted by molar-refractivity contribution is 6.27. The molecule has 2 aromatic carbocycles. The number of benzene rings is 2. The molecule has 1 saturated heterocycles. The molecule has 4 aromatic rings. The van der Waals surface area contributed by atoms with Crippen molar-refractivity contribution in [1.82, 2.24) is 25.5 Å². The summed E-state index contributed by atoms with van der Waals surface area (Å²) in [5, 5.41) is 11.9. The molecule has 10 heteroatoms. The maximum Gasteiger partial charge on any atom is 0.338 e. The number of anilines is 3. The zero-order valence-electron chi connectivity index (χ0n) is 21.2. The summed E-state index contributed by atoms with van der Waals surface area (Å²) < 4.78 is 0. The third-order valence-electron chi connectivity index (χ3n) is 7.11. The van der Waals surface area contributed by atoms with E-state index in [1.807, 2.05) is 30.3 Å². The van der Waals surface area contributed by atoms with Gasteiger partial charge in [0.25, 0.3) is 0 Å². The number of H-pyrrole nitrogens is 1. The van der Waals surface area contributed by atoms with E-state index >= 15 is 0 Å². The van der Waals surface area contributed by atoms with Gasteiger partial charge in [0.2, 0.25) is 0 Å². The number of urea groups is 1. The number of hydrogen-bond acceptors (Lipinski definition) is 7. The predicted octanol–water partition coefficient (Wildman–Crippen LogP) is 3.61. The van der Waals surface area contributed by atoms with Crippen molar-refractivity contribution in [3.8, 4) is 22.5 Å². The molecule has 0 spiro atoms. The molecule has 38 heavy (non-hydrogen) atoms. The molecule has 10 nitrogen and oxygen atoms in total. The second-order valence-electron chi connectivity index (χ2n) is 9.55. The average molecular weight is 509 g/mol. The van der Waals surface area contributed by atoms with Crippen LogP contribution in [0.1, 0.15) is 15.9 Å². The van der Waals surface area contributed by atoms with Gasteiger partial charge in [-0.25, -0.2) is 10.2 Å². The van der Waals surface area contributed by atoms with Gasteiger partial charge < -0.3 is 15.1 Å². The zero-order valence-corrected chi connectivity index (χ0v) is 21.2. The van der Waals surface area contributed by atoms with Crippen LogP contribution in [0.2, 0.25) is 0 Å². The summed E-state index contributed by atoms with van der Waals surface area (Å²) in [5.41, 5.74) is 8.90. The molecule has 192 valence electrons. The Morgan fingerprint density at radius 3 is 2.53 bits per heavy atom. The van der Waals surface area contributed by atoms with Gasteiger partial charge in [-0.15, -0.1) is 0 Å². The van der Waals surface area contributed by atoms with Gasteiger partial charge in [0.1, 0.15) is 5.69 Å². The lowest BCUT2D eigenvalue weighted by molar-refractivity contribution is 0.104. The van der Waals surface area contributed by atoms with Crippen molar-refractivity contribution in [3.63, 3.8) is 0 Å². The molecule has 0 atom stereocenters. The first kappa shape index (κ1) is 23.7. The number of hydrogen-bond donors (Lipinski definition) is 3. The Hall–Kier alpha value is -4.70. The minimum Gasteiger partial charge on any atom is -0.369 e. The van der Waals surface area contributed by atoms with Gasteiger partial charge in [-0.2, -0.15) is 5.10 Å². The molecule has 2 aliphatic rings. The van der Waals surface area contributed by atoms with Crippen LogP contribution in [0.3, 0.4) is 0 Å². The standard InChI is InChI=1S/C28H28N8O2/c1-34-13-15-36(16-14-34)19-10-8-18(9-11-19)25-24-26(32-31-25)21-6-3-7-22(23(21)27(24)37)30-28(38)33-35(2)20-5-4-12-29-17-20/h3-12,17H,13-16H2,1-2H3,(H,31,32)(H2,30,33,38). The van der Waals surface area contributed by atoms with Gasteiger partial charge in [0, 0.05) is 56.2 Å².